The molecule has 1 aliphatic carbocycles. The Morgan fingerprint density at radius 3 is 2.86 bits per heavy atom. The third kappa shape index (κ3) is 1.60. The van der Waals surface area contributed by atoms with E-state index >= 15 is 0 Å². The monoisotopic (exact) mass is 214 g/mol. The first kappa shape index (κ1) is 9.46. The average molecular weight is 215 g/mol. The first-order chi connectivity index (χ1) is 6.59. The van der Waals surface area contributed by atoms with Crippen molar-refractivity contribution in [3.05, 3.63) is 34.6 Å². The standard InChI is InChI=1S/C10H8ClFO2/c11-5-1-2-9(12)7(3-5)6-4-8(6)10(13)14/h1-3,6,8H,4H2,(H,13,14)/t6-,8+/m0/s1. The van der Waals surface area contributed by atoms with E-state index in [1.165, 1.54) is 18.2 Å². The summed E-state index contributed by atoms with van der Waals surface area (Å²) < 4.78 is 13.2. The number of carboxylic acids is 1. The second-order valence-corrected chi connectivity index (χ2v) is 3.89. The van der Waals surface area contributed by atoms with Crippen LogP contribution in [0.15, 0.2) is 18.2 Å². The highest BCUT2D eigenvalue weighted by Gasteiger charge is 2.45. The second kappa shape index (κ2) is 3.24. The molecule has 2 atom stereocenters. The average Bonchev–Trinajstić information content (AvgIpc) is 2.88. The maximum Gasteiger partial charge on any atom is 0.307 e. The number of hydrogen-bond acceptors (Lipinski definition) is 1. The van der Waals surface area contributed by atoms with E-state index in [0.717, 1.165) is 0 Å². The number of carbonyl (C=O) groups is 1. The summed E-state index contributed by atoms with van der Waals surface area (Å²) in [6.45, 7) is 0. The summed E-state index contributed by atoms with van der Waals surface area (Å²) in [5.41, 5.74) is 0.421. The highest BCUT2D eigenvalue weighted by atomic mass is 35.5. The molecule has 0 bridgehead atoms. The van der Waals surface area contributed by atoms with Crippen LogP contribution in [-0.2, 0) is 4.79 Å². The molecule has 0 unspecified atom stereocenters. The predicted molar refractivity (Wildman–Crippen MR) is 49.9 cm³/mol. The Hall–Kier alpha value is -1.09. The number of carboxylic acid groups (broad SMARTS) is 1. The van der Waals surface area contributed by atoms with E-state index in [-0.39, 0.29) is 11.7 Å². The molecule has 1 saturated carbocycles. The van der Waals surface area contributed by atoms with Gasteiger partial charge >= 0.3 is 5.97 Å². The molecular formula is C10H8ClFO2. The largest absolute Gasteiger partial charge is 0.481 e. The minimum absolute atomic E-state index is 0.203. The Bertz CT molecular complexity index is 392. The van der Waals surface area contributed by atoms with Crippen LogP contribution < -0.4 is 0 Å². The first-order valence-corrected chi connectivity index (χ1v) is 4.65. The van der Waals surface area contributed by atoms with Crippen LogP contribution in [0.4, 0.5) is 4.39 Å². The summed E-state index contributed by atoms with van der Waals surface area (Å²) in [7, 11) is 0. The lowest BCUT2D eigenvalue weighted by Gasteiger charge is -2.01. The van der Waals surface area contributed by atoms with Crippen LogP contribution in [0.5, 0.6) is 0 Å². The number of halogens is 2. The normalized spacial score (nSPS) is 24.7. The maximum absolute atomic E-state index is 13.2. The summed E-state index contributed by atoms with van der Waals surface area (Å²) in [4.78, 5) is 10.6. The molecule has 0 spiro atoms. The van der Waals surface area contributed by atoms with Crippen molar-refractivity contribution in [2.45, 2.75) is 12.3 Å². The summed E-state index contributed by atoms with van der Waals surface area (Å²) in [6.07, 6.45) is 0.507. The minimum atomic E-state index is -0.866. The molecule has 0 radical (unpaired) electrons. The molecule has 1 fully saturated rings. The van der Waals surface area contributed by atoms with Gasteiger partial charge in [-0.05, 0) is 30.2 Å². The van der Waals surface area contributed by atoms with Gasteiger partial charge in [0.2, 0.25) is 0 Å². The molecule has 4 heteroatoms. The summed E-state index contributed by atoms with van der Waals surface area (Å²) in [6, 6.07) is 4.23. The molecule has 0 heterocycles. The van der Waals surface area contributed by atoms with E-state index in [9.17, 15) is 9.18 Å². The van der Waals surface area contributed by atoms with Gasteiger partial charge < -0.3 is 5.11 Å². The summed E-state index contributed by atoms with van der Waals surface area (Å²) in [5, 5.41) is 9.13. The molecule has 1 aromatic rings. The topological polar surface area (TPSA) is 37.3 Å². The van der Waals surface area contributed by atoms with Crippen molar-refractivity contribution in [3.8, 4) is 0 Å². The zero-order chi connectivity index (χ0) is 10.3. The third-order valence-corrected chi connectivity index (χ3v) is 2.70. The number of hydrogen-bond donors (Lipinski definition) is 1. The van der Waals surface area contributed by atoms with Crippen LogP contribution in [0.25, 0.3) is 0 Å². The van der Waals surface area contributed by atoms with Crippen LogP contribution in [-0.4, -0.2) is 11.1 Å². The maximum atomic E-state index is 13.2. The van der Waals surface area contributed by atoms with Crippen molar-refractivity contribution in [3.63, 3.8) is 0 Å². The van der Waals surface area contributed by atoms with Crippen LogP contribution in [0.3, 0.4) is 0 Å². The molecule has 0 amide bonds. The summed E-state index contributed by atoms with van der Waals surface area (Å²) >= 11 is 5.70. The smallest absolute Gasteiger partial charge is 0.307 e. The van der Waals surface area contributed by atoms with E-state index in [2.05, 4.69) is 0 Å². The Balaban J connectivity index is 2.26. The van der Waals surface area contributed by atoms with Crippen molar-refractivity contribution in [1.82, 2.24) is 0 Å². The Labute approximate surface area is 85.3 Å². The Kier molecular flexibility index (Phi) is 2.19. The molecule has 14 heavy (non-hydrogen) atoms. The fourth-order valence-electron chi connectivity index (χ4n) is 1.61. The summed E-state index contributed by atoms with van der Waals surface area (Å²) in [5.74, 6) is -1.88. The molecular weight excluding hydrogens is 207 g/mol. The SMILES string of the molecule is O=C(O)[C@@H]1C[C@H]1c1cc(Cl)ccc1F. The zero-order valence-corrected chi connectivity index (χ0v) is 7.96. The van der Waals surface area contributed by atoms with Crippen LogP contribution in [0, 0.1) is 11.7 Å². The van der Waals surface area contributed by atoms with Crippen molar-refractivity contribution >= 4 is 17.6 Å². The molecule has 0 aromatic heterocycles. The van der Waals surface area contributed by atoms with E-state index in [0.29, 0.717) is 17.0 Å². The zero-order valence-electron chi connectivity index (χ0n) is 7.21. The van der Waals surface area contributed by atoms with E-state index in [4.69, 9.17) is 16.7 Å². The molecule has 2 rings (SSSR count). The first-order valence-electron chi connectivity index (χ1n) is 4.27. The van der Waals surface area contributed by atoms with Crippen LogP contribution >= 0.6 is 11.6 Å². The van der Waals surface area contributed by atoms with Gasteiger partial charge in [0.25, 0.3) is 0 Å². The quantitative estimate of drug-likeness (QED) is 0.822. The number of rotatable bonds is 2. The second-order valence-electron chi connectivity index (χ2n) is 3.45. The number of benzene rings is 1. The Morgan fingerprint density at radius 2 is 2.29 bits per heavy atom. The molecule has 1 aliphatic rings. The lowest BCUT2D eigenvalue weighted by atomic mass is 10.1. The van der Waals surface area contributed by atoms with Crippen molar-refractivity contribution in [2.24, 2.45) is 5.92 Å². The van der Waals surface area contributed by atoms with Gasteiger partial charge in [-0.3, -0.25) is 4.79 Å². The van der Waals surface area contributed by atoms with E-state index in [1.807, 2.05) is 0 Å². The van der Waals surface area contributed by atoms with Gasteiger partial charge in [0.1, 0.15) is 5.82 Å². The van der Waals surface area contributed by atoms with Crippen LogP contribution in [0.2, 0.25) is 5.02 Å². The fraction of sp³-hybridized carbons (Fsp3) is 0.300. The van der Waals surface area contributed by atoms with Crippen LogP contribution in [0.1, 0.15) is 17.9 Å². The van der Waals surface area contributed by atoms with Crippen molar-refractivity contribution in [1.29, 1.82) is 0 Å². The minimum Gasteiger partial charge on any atom is -0.481 e. The Morgan fingerprint density at radius 1 is 1.57 bits per heavy atom. The van der Waals surface area contributed by atoms with E-state index in [1.54, 1.807) is 0 Å². The lowest BCUT2D eigenvalue weighted by Crippen LogP contribution is -2.00. The predicted octanol–water partition coefficient (Wildman–Crippen LogP) is 2.67. The molecule has 0 aliphatic heterocycles. The van der Waals surface area contributed by atoms with Crippen molar-refractivity contribution < 1.29 is 14.3 Å². The van der Waals surface area contributed by atoms with E-state index < -0.39 is 11.9 Å². The third-order valence-electron chi connectivity index (χ3n) is 2.47. The van der Waals surface area contributed by atoms with Gasteiger partial charge in [-0.15, -0.1) is 0 Å². The van der Waals surface area contributed by atoms with Crippen molar-refractivity contribution in [2.75, 3.05) is 0 Å². The highest BCUT2D eigenvalue weighted by molar-refractivity contribution is 6.30. The molecule has 1 N–H and O–H groups in total. The molecule has 1 aromatic carbocycles. The lowest BCUT2D eigenvalue weighted by molar-refractivity contribution is -0.138. The number of aliphatic carboxylic acids is 1. The van der Waals surface area contributed by atoms with Gasteiger partial charge in [0, 0.05) is 10.9 Å². The highest BCUT2D eigenvalue weighted by Crippen LogP contribution is 2.48. The van der Waals surface area contributed by atoms with Gasteiger partial charge in [-0.25, -0.2) is 4.39 Å². The van der Waals surface area contributed by atoms with Gasteiger partial charge in [-0.2, -0.15) is 0 Å². The molecule has 74 valence electrons. The molecule has 0 saturated heterocycles. The fourth-order valence-corrected chi connectivity index (χ4v) is 1.79. The van der Waals surface area contributed by atoms with Gasteiger partial charge in [-0.1, -0.05) is 11.6 Å². The molecule has 2 nitrogen and oxygen atoms in total. The van der Waals surface area contributed by atoms with Gasteiger partial charge in [0.05, 0.1) is 5.92 Å². The van der Waals surface area contributed by atoms with Gasteiger partial charge in [0.15, 0.2) is 0 Å².